The van der Waals surface area contributed by atoms with Gasteiger partial charge < -0.3 is 4.74 Å². The minimum Gasteiger partial charge on any atom is -0.452 e. The van der Waals surface area contributed by atoms with Gasteiger partial charge in [-0.15, -0.1) is 0 Å². The molecule has 0 spiro atoms. The van der Waals surface area contributed by atoms with Crippen molar-refractivity contribution in [2.45, 2.75) is 13.3 Å². The van der Waals surface area contributed by atoms with E-state index in [1.54, 1.807) is 0 Å². The largest absolute Gasteiger partial charge is 0.452 e. The number of hydrogen-bond donors (Lipinski definition) is 0. The molecule has 0 aromatic rings. The highest BCUT2D eigenvalue weighted by atomic mass is 35.7. The van der Waals surface area contributed by atoms with E-state index in [0.717, 1.165) is 4.31 Å². The average Bonchev–Trinajstić information content (AvgIpc) is 1.98. The fourth-order valence-corrected chi connectivity index (χ4v) is 1.42. The molecule has 1 amide bonds. The highest BCUT2D eigenvalue weighted by Crippen LogP contribution is 2.03. The molecule has 11 heavy (non-hydrogen) atoms. The normalized spacial score (nSPS) is 12.3. The lowest BCUT2D eigenvalue weighted by molar-refractivity contribution is 0.151. The predicted molar refractivity (Wildman–Crippen MR) is 43.4 cm³/mol. The summed E-state index contributed by atoms with van der Waals surface area (Å²) in [5.74, 6) is 0. The van der Waals surface area contributed by atoms with Crippen molar-refractivity contribution in [1.82, 2.24) is 4.31 Å². The summed E-state index contributed by atoms with van der Waals surface area (Å²) in [5, 5.41) is 0. The third kappa shape index (κ3) is 3.57. The number of ether oxygens (including phenoxy) is 1. The fourth-order valence-electron chi connectivity index (χ4n) is 0.527. The number of halogens is 1. The minimum absolute atomic E-state index is 0.336. The van der Waals surface area contributed by atoms with Crippen molar-refractivity contribution in [3.63, 3.8) is 0 Å². The van der Waals surface area contributed by atoms with Gasteiger partial charge in [0.25, 0.3) is 0 Å². The zero-order chi connectivity index (χ0) is 8.85. The van der Waals surface area contributed by atoms with Crippen molar-refractivity contribution in [3.05, 3.63) is 0 Å². The van der Waals surface area contributed by atoms with Crippen molar-refractivity contribution in [2.24, 2.45) is 0 Å². The maximum Gasteiger partial charge on any atom is 0.422 e. The van der Waals surface area contributed by atoms with Crippen LogP contribution in [0.3, 0.4) is 0 Å². The summed E-state index contributed by atoms with van der Waals surface area (Å²) in [4.78, 5) is 10.8. The number of rotatable bonds is 3. The molecule has 0 radical (unpaired) electrons. The van der Waals surface area contributed by atoms with Crippen LogP contribution < -0.4 is 0 Å². The molecule has 0 saturated carbocycles. The van der Waals surface area contributed by atoms with E-state index in [0.29, 0.717) is 13.0 Å². The van der Waals surface area contributed by atoms with E-state index in [2.05, 4.69) is 4.74 Å². The molecule has 0 aliphatic heterocycles. The summed E-state index contributed by atoms with van der Waals surface area (Å²) in [6.45, 7) is 2.18. The summed E-state index contributed by atoms with van der Waals surface area (Å²) in [7, 11) is 4.61. The summed E-state index contributed by atoms with van der Waals surface area (Å²) < 4.78 is 15.9. The van der Waals surface area contributed by atoms with Crippen LogP contribution in [0.5, 0.6) is 0 Å². The number of nitrogens with zero attached hydrogens (tertiary/aromatic N) is 1. The highest BCUT2D eigenvalue weighted by Gasteiger charge is 2.17. The first-order valence-electron chi connectivity index (χ1n) is 3.07. The molecule has 0 aliphatic rings. The topological polar surface area (TPSA) is 46.6 Å². The van der Waals surface area contributed by atoms with E-state index in [1.807, 2.05) is 6.92 Å². The number of methoxy groups -OCH3 is 1. The summed E-state index contributed by atoms with van der Waals surface area (Å²) in [5.41, 5.74) is 0. The Kier molecular flexibility index (Phi) is 5.23. The molecular weight excluding hydrogens is 190 g/mol. The Bertz CT molecular complexity index is 164. The molecule has 6 heteroatoms. The number of hydrogen-bond acceptors (Lipinski definition) is 3. The first kappa shape index (κ1) is 10.7. The Morgan fingerprint density at radius 1 is 1.73 bits per heavy atom. The fraction of sp³-hybridized carbons (Fsp3) is 0.800. The van der Waals surface area contributed by atoms with Crippen LogP contribution >= 0.6 is 10.7 Å². The smallest absolute Gasteiger partial charge is 0.422 e. The molecular formula is C5H10ClNO3S. The monoisotopic (exact) mass is 199 g/mol. The molecule has 0 aliphatic carbocycles. The van der Waals surface area contributed by atoms with Crippen LogP contribution in [-0.2, 0) is 14.9 Å². The molecule has 1 atom stereocenters. The molecule has 0 rings (SSSR count). The molecule has 0 heterocycles. The van der Waals surface area contributed by atoms with Crippen LogP contribution in [0.2, 0.25) is 0 Å². The molecule has 0 aromatic heterocycles. The van der Waals surface area contributed by atoms with Gasteiger partial charge in [0, 0.05) is 17.2 Å². The van der Waals surface area contributed by atoms with Crippen LogP contribution in [0.25, 0.3) is 0 Å². The molecule has 1 unspecified atom stereocenters. The second kappa shape index (κ2) is 5.37. The zero-order valence-corrected chi connectivity index (χ0v) is 7.94. The Labute approximate surface area is 72.6 Å². The standard InChI is InChI=1S/C5H10ClNO3S/c1-3-4-7(11(6)9)5(8)10-2/h3-4H2,1-2H3. The SMILES string of the molecule is CCCN(C(=O)OC)S(=O)Cl. The number of carbonyl (C=O) groups is 1. The van der Waals surface area contributed by atoms with Gasteiger partial charge in [0.2, 0.25) is 10.2 Å². The van der Waals surface area contributed by atoms with Crippen molar-refractivity contribution in [1.29, 1.82) is 0 Å². The lowest BCUT2D eigenvalue weighted by Gasteiger charge is -2.14. The number of amides is 1. The van der Waals surface area contributed by atoms with E-state index in [9.17, 15) is 9.00 Å². The average molecular weight is 200 g/mol. The van der Waals surface area contributed by atoms with Crippen molar-refractivity contribution in [2.75, 3.05) is 13.7 Å². The summed E-state index contributed by atoms with van der Waals surface area (Å²) >= 11 is 0. The Hall–Kier alpha value is -0.290. The lowest BCUT2D eigenvalue weighted by Crippen LogP contribution is -2.30. The third-order valence-corrected chi connectivity index (χ3v) is 2.16. The van der Waals surface area contributed by atoms with Gasteiger partial charge in [-0.2, -0.15) is 0 Å². The number of carbonyl (C=O) groups excluding carboxylic acids is 1. The zero-order valence-electron chi connectivity index (χ0n) is 6.37. The maximum atomic E-state index is 10.8. The van der Waals surface area contributed by atoms with Crippen LogP contribution in [0.4, 0.5) is 4.79 Å². The molecule has 0 saturated heterocycles. The Balaban J connectivity index is 4.09. The van der Waals surface area contributed by atoms with Gasteiger partial charge in [-0.05, 0) is 6.42 Å². The van der Waals surface area contributed by atoms with E-state index in [-0.39, 0.29) is 0 Å². The van der Waals surface area contributed by atoms with Gasteiger partial charge in [0.15, 0.2) is 0 Å². The van der Waals surface area contributed by atoms with Crippen LogP contribution in [-0.4, -0.2) is 28.3 Å². The summed E-state index contributed by atoms with van der Waals surface area (Å²) in [6, 6.07) is 0. The van der Waals surface area contributed by atoms with Crippen molar-refractivity contribution >= 4 is 27.0 Å². The van der Waals surface area contributed by atoms with Gasteiger partial charge in [-0.25, -0.2) is 13.3 Å². The second-order valence-corrected chi connectivity index (χ2v) is 3.42. The molecule has 0 fully saturated rings. The predicted octanol–water partition coefficient (Wildman–Crippen LogP) is 1.28. The van der Waals surface area contributed by atoms with Gasteiger partial charge in [0.05, 0.1) is 7.11 Å². The maximum absolute atomic E-state index is 10.8. The first-order chi connectivity index (χ1) is 5.13. The van der Waals surface area contributed by atoms with Crippen LogP contribution in [0.1, 0.15) is 13.3 Å². The van der Waals surface area contributed by atoms with Crippen molar-refractivity contribution in [3.8, 4) is 0 Å². The molecule has 0 N–H and O–H groups in total. The van der Waals surface area contributed by atoms with Gasteiger partial charge >= 0.3 is 6.09 Å². The van der Waals surface area contributed by atoms with Crippen LogP contribution in [0.15, 0.2) is 0 Å². The Morgan fingerprint density at radius 2 is 2.27 bits per heavy atom. The quantitative estimate of drug-likeness (QED) is 0.644. The van der Waals surface area contributed by atoms with E-state index < -0.39 is 16.3 Å². The van der Waals surface area contributed by atoms with E-state index in [4.69, 9.17) is 10.7 Å². The van der Waals surface area contributed by atoms with Gasteiger partial charge in [0.1, 0.15) is 0 Å². The molecule has 0 aromatic carbocycles. The van der Waals surface area contributed by atoms with E-state index in [1.165, 1.54) is 7.11 Å². The minimum atomic E-state index is -1.80. The van der Waals surface area contributed by atoms with E-state index >= 15 is 0 Å². The van der Waals surface area contributed by atoms with Crippen LogP contribution in [0, 0.1) is 0 Å². The van der Waals surface area contributed by atoms with Gasteiger partial charge in [-0.3, -0.25) is 0 Å². The van der Waals surface area contributed by atoms with Crippen molar-refractivity contribution < 1.29 is 13.7 Å². The molecule has 4 nitrogen and oxygen atoms in total. The highest BCUT2D eigenvalue weighted by molar-refractivity contribution is 8.06. The summed E-state index contributed by atoms with van der Waals surface area (Å²) in [6.07, 6.45) is 0.0216. The Morgan fingerprint density at radius 3 is 2.55 bits per heavy atom. The lowest BCUT2D eigenvalue weighted by atomic mass is 10.5. The van der Waals surface area contributed by atoms with Gasteiger partial charge in [-0.1, -0.05) is 6.92 Å². The molecule has 0 bridgehead atoms. The second-order valence-electron chi connectivity index (χ2n) is 1.78. The molecule has 66 valence electrons. The first-order valence-corrected chi connectivity index (χ1v) is 5.00. The third-order valence-electron chi connectivity index (χ3n) is 0.978.